The Morgan fingerprint density at radius 3 is 1.87 bits per heavy atom. The predicted octanol–water partition coefficient (Wildman–Crippen LogP) is 1.64. The molecule has 0 spiro atoms. The average Bonchev–Trinajstić information content (AvgIpc) is 3.80. The summed E-state index contributed by atoms with van der Waals surface area (Å²) < 4.78 is 0. The Labute approximate surface area is 314 Å². The van der Waals surface area contributed by atoms with Crippen molar-refractivity contribution in [2.24, 2.45) is 17.6 Å². The van der Waals surface area contributed by atoms with E-state index in [0.29, 0.717) is 45.2 Å². The summed E-state index contributed by atoms with van der Waals surface area (Å²) in [6, 6.07) is -4.49. The molecule has 7 amide bonds. The molecule has 0 aromatic rings. The fourth-order valence-corrected chi connectivity index (χ4v) is 6.90. The summed E-state index contributed by atoms with van der Waals surface area (Å²) in [5.74, 6) is -3.23. The monoisotopic (exact) mass is 745 g/mol. The van der Waals surface area contributed by atoms with E-state index in [2.05, 4.69) is 39.2 Å². The molecule has 7 atom stereocenters. The molecule has 298 valence electrons. The maximum absolute atomic E-state index is 14.1. The highest BCUT2D eigenvalue weighted by atomic mass is 16.2. The normalized spacial score (nSPS) is 20.5. The number of nitrogens with one attached hydrogen (secondary N) is 4. The number of hydrogen-bond acceptors (Lipinski definition) is 8. The van der Waals surface area contributed by atoms with Gasteiger partial charge in [0.15, 0.2) is 5.78 Å². The second kappa shape index (κ2) is 23.2. The van der Waals surface area contributed by atoms with Crippen LogP contribution in [0.15, 0.2) is 23.8 Å². The zero-order chi connectivity index (χ0) is 40.4. The van der Waals surface area contributed by atoms with E-state index < -0.39 is 48.1 Å². The van der Waals surface area contributed by atoms with Crippen LogP contribution in [-0.4, -0.2) is 107 Å². The number of likely N-dealkylation sites (tertiary alicyclic amines) is 2. The van der Waals surface area contributed by atoms with E-state index in [4.69, 9.17) is 4.79 Å². The first kappa shape index (κ1) is 46.5. The zero-order valence-corrected chi connectivity index (χ0v) is 33.0. The molecule has 2 aliphatic heterocycles. The maximum atomic E-state index is 14.1. The quantitative estimate of drug-likeness (QED) is 0.164. The van der Waals surface area contributed by atoms with E-state index in [-0.39, 0.29) is 47.6 Å². The molecule has 0 radical (unpaired) electrons. The molecule has 0 saturated carbocycles. The third-order valence-corrected chi connectivity index (χ3v) is 9.42. The topological polar surface area (TPSA) is 217 Å². The molecule has 15 heteroatoms. The first-order chi connectivity index (χ1) is 25.0. The van der Waals surface area contributed by atoms with E-state index in [0.717, 1.165) is 18.4 Å². The van der Waals surface area contributed by atoms with Crippen LogP contribution in [0.25, 0.3) is 0 Å². The molecular weight excluding hydrogens is 682 g/mol. The predicted molar refractivity (Wildman–Crippen MR) is 202 cm³/mol. The maximum Gasteiger partial charge on any atom is 0.245 e. The summed E-state index contributed by atoms with van der Waals surface area (Å²) in [7, 11) is 0. The Morgan fingerprint density at radius 2 is 1.34 bits per heavy atom. The highest BCUT2D eigenvalue weighted by Crippen LogP contribution is 2.31. The lowest BCUT2D eigenvalue weighted by atomic mass is 9.87. The molecule has 2 heterocycles. The van der Waals surface area contributed by atoms with Crippen molar-refractivity contribution in [1.29, 1.82) is 0 Å². The molecule has 3 aliphatic rings. The van der Waals surface area contributed by atoms with Crippen LogP contribution in [0.5, 0.6) is 0 Å². The van der Waals surface area contributed by atoms with Crippen LogP contribution < -0.4 is 27.0 Å². The number of rotatable bonds is 14. The Balaban J connectivity index is 0.00000267. The van der Waals surface area contributed by atoms with Gasteiger partial charge >= 0.3 is 0 Å². The average molecular weight is 746 g/mol. The minimum absolute atomic E-state index is 0.102. The summed E-state index contributed by atoms with van der Waals surface area (Å²) in [6.45, 7) is 15.9. The van der Waals surface area contributed by atoms with Crippen molar-refractivity contribution in [3.63, 3.8) is 0 Å². The molecule has 2 saturated heterocycles. The van der Waals surface area contributed by atoms with Crippen molar-refractivity contribution in [3.8, 4) is 0 Å². The number of carbonyl (C=O) groups is 8. The van der Waals surface area contributed by atoms with Gasteiger partial charge in [-0.3, -0.25) is 38.4 Å². The van der Waals surface area contributed by atoms with Crippen LogP contribution in [0.2, 0.25) is 0 Å². The lowest BCUT2D eigenvalue weighted by Gasteiger charge is -2.34. The summed E-state index contributed by atoms with van der Waals surface area (Å²) in [5, 5.41) is 10.9. The third-order valence-electron chi connectivity index (χ3n) is 9.42. The van der Waals surface area contributed by atoms with Gasteiger partial charge < -0.3 is 36.8 Å². The van der Waals surface area contributed by atoms with Crippen molar-refractivity contribution in [2.75, 3.05) is 13.1 Å². The number of Topliss-reactive ketones (excluding diaryl/α,β-unsaturated/α-hetero) is 1. The van der Waals surface area contributed by atoms with Crippen LogP contribution in [0.1, 0.15) is 107 Å². The van der Waals surface area contributed by atoms with Gasteiger partial charge in [0, 0.05) is 26.1 Å². The number of ketones is 1. The molecule has 0 aromatic carbocycles. The molecule has 2 fully saturated rings. The summed E-state index contributed by atoms with van der Waals surface area (Å²) in [6.07, 6.45) is 10.8. The van der Waals surface area contributed by atoms with Gasteiger partial charge in [-0.2, -0.15) is 0 Å². The largest absolute Gasteiger partial charge is 0.372 e. The Bertz CT molecular complexity index is 1360. The van der Waals surface area contributed by atoms with Crippen molar-refractivity contribution >= 4 is 47.6 Å². The second-order valence-corrected chi connectivity index (χ2v) is 13.9. The lowest BCUT2D eigenvalue weighted by Crippen LogP contribution is -2.57. The number of amides is 7. The SMILES string of the molecule is CC.CC(=O)NC(C)C(=O)NC(C)C(=O)N1CCCC1C(CC1=CCCC=C1)C(=O)NC(C)C(=O)N1CCCC1C(=O)NC(C(C)=O)C(C)C.NC=O. The zero-order valence-electron chi connectivity index (χ0n) is 33.0. The van der Waals surface area contributed by atoms with Gasteiger partial charge in [0.05, 0.1) is 12.0 Å². The van der Waals surface area contributed by atoms with Crippen LogP contribution in [0, 0.1) is 11.8 Å². The van der Waals surface area contributed by atoms with Gasteiger partial charge in [0.2, 0.25) is 41.9 Å². The number of hydrogen-bond donors (Lipinski definition) is 5. The number of allylic oxidation sites excluding steroid dienone is 4. The van der Waals surface area contributed by atoms with E-state index in [1.165, 1.54) is 25.7 Å². The van der Waals surface area contributed by atoms with Gasteiger partial charge in [-0.1, -0.05) is 51.5 Å². The molecule has 0 aromatic heterocycles. The summed E-state index contributed by atoms with van der Waals surface area (Å²) in [4.78, 5) is 102. The smallest absolute Gasteiger partial charge is 0.245 e. The minimum Gasteiger partial charge on any atom is -0.372 e. The molecule has 0 bridgehead atoms. The van der Waals surface area contributed by atoms with Gasteiger partial charge in [0.25, 0.3) is 0 Å². The van der Waals surface area contributed by atoms with Crippen LogP contribution in [0.4, 0.5) is 0 Å². The minimum atomic E-state index is -0.933. The Morgan fingerprint density at radius 1 is 0.792 bits per heavy atom. The molecule has 6 N–H and O–H groups in total. The molecule has 3 rings (SSSR count). The third kappa shape index (κ3) is 14.1. The molecule has 15 nitrogen and oxygen atoms in total. The van der Waals surface area contributed by atoms with Crippen molar-refractivity contribution in [2.45, 2.75) is 144 Å². The van der Waals surface area contributed by atoms with Gasteiger partial charge in [-0.25, -0.2) is 0 Å². The van der Waals surface area contributed by atoms with Crippen molar-refractivity contribution < 1.29 is 38.4 Å². The fraction of sp³-hybridized carbons (Fsp3) is 0.684. The highest BCUT2D eigenvalue weighted by molar-refractivity contribution is 5.95. The summed E-state index contributed by atoms with van der Waals surface area (Å²) >= 11 is 0. The van der Waals surface area contributed by atoms with Crippen molar-refractivity contribution in [3.05, 3.63) is 23.8 Å². The summed E-state index contributed by atoms with van der Waals surface area (Å²) in [5.41, 5.74) is 5.15. The highest BCUT2D eigenvalue weighted by Gasteiger charge is 2.42. The van der Waals surface area contributed by atoms with E-state index in [9.17, 15) is 33.6 Å². The number of primary amides is 1. The van der Waals surface area contributed by atoms with Crippen LogP contribution in [-0.2, 0) is 38.4 Å². The van der Waals surface area contributed by atoms with E-state index >= 15 is 0 Å². The Kier molecular flexibility index (Phi) is 20.3. The van der Waals surface area contributed by atoms with E-state index in [1.807, 2.05) is 33.8 Å². The number of carbonyl (C=O) groups excluding carboxylic acids is 8. The first-order valence-corrected chi connectivity index (χ1v) is 18.8. The van der Waals surface area contributed by atoms with E-state index in [1.54, 1.807) is 18.7 Å². The second-order valence-electron chi connectivity index (χ2n) is 13.9. The fourth-order valence-electron chi connectivity index (χ4n) is 6.90. The van der Waals surface area contributed by atoms with Gasteiger partial charge in [0.1, 0.15) is 24.2 Å². The number of nitrogens with zero attached hydrogens (tertiary/aromatic N) is 2. The number of nitrogens with two attached hydrogens (primary N) is 1. The lowest BCUT2D eigenvalue weighted by molar-refractivity contribution is -0.143. The van der Waals surface area contributed by atoms with Crippen molar-refractivity contribution in [1.82, 2.24) is 31.1 Å². The molecule has 53 heavy (non-hydrogen) atoms. The standard InChI is InChI=1S/C35H54N6O7.C2H6.CH3NO/c1-20(2)30(24(6)42)39-33(46)29-16-12-18-41(29)35(48)23(5)38-32(45)27(19-26-13-9-8-10-14-26)28-15-11-17-40(28)34(47)22(4)37-31(44)21(3)36-25(7)43;1-2;2-1-3/h9,13-14,20-23,27-30H,8,10-12,15-19H2,1-7H3,(H,36,43)(H,37,44)(H,38,45)(H,39,46);1-2H3;1H,(H2,2,3). The molecule has 1 aliphatic carbocycles. The van der Waals surface area contributed by atoms with Crippen LogP contribution in [0.3, 0.4) is 0 Å². The van der Waals surface area contributed by atoms with Gasteiger partial charge in [-0.15, -0.1) is 0 Å². The molecular formula is C38H63N7O8. The Hall–Kier alpha value is -4.56. The molecule has 7 unspecified atom stereocenters. The van der Waals surface area contributed by atoms with Crippen LogP contribution >= 0.6 is 0 Å². The van der Waals surface area contributed by atoms with Gasteiger partial charge in [-0.05, 0) is 78.6 Å². The first-order valence-electron chi connectivity index (χ1n) is 18.8.